The minimum absolute atomic E-state index is 0.0426. The number of nitrogens with zero attached hydrogens (tertiary/aromatic N) is 2. The molecule has 1 heterocycles. The number of unbranched alkanes of at least 4 members (excludes halogenated alkanes) is 1. The predicted octanol–water partition coefficient (Wildman–Crippen LogP) is 4.86. The van der Waals surface area contributed by atoms with Gasteiger partial charge in [0.2, 0.25) is 5.91 Å². The van der Waals surface area contributed by atoms with Crippen LogP contribution < -0.4 is 5.32 Å². The zero-order chi connectivity index (χ0) is 29.0. The monoisotopic (exact) mass is 563 g/mol. The number of aliphatic hydroxyl groups is 2. The lowest BCUT2D eigenvalue weighted by Crippen LogP contribution is -2.62. The molecule has 9 atom stereocenters. The van der Waals surface area contributed by atoms with Crippen molar-refractivity contribution in [3.05, 3.63) is 0 Å². The molecule has 1 unspecified atom stereocenters. The first-order valence-corrected chi connectivity index (χ1v) is 16.7. The lowest BCUT2D eigenvalue weighted by atomic mass is 9.45. The standard InChI is InChI=1S/C33H61N3O4/c1-22-27-19-26(33(27,3)4)20-28(22)34-32(39)31-30(23(2)38)29(21-37)40-36(31)16-11-10-14-25(15-17-35(5)6)18-24-12-8-7-9-13-24/h22-31,37-38H,7-21H2,1-6H3,(H,34,39)/t22-,23-,25?,26+,27-,28-,29-,30+,31-/m0/s1. The number of rotatable bonds is 14. The van der Waals surface area contributed by atoms with E-state index in [9.17, 15) is 15.0 Å². The molecule has 0 spiro atoms. The van der Waals surface area contributed by atoms with E-state index in [0.29, 0.717) is 29.7 Å². The van der Waals surface area contributed by atoms with Crippen LogP contribution in [0.1, 0.15) is 105 Å². The number of carbonyl (C=O) groups is 1. The van der Waals surface area contributed by atoms with E-state index in [4.69, 9.17) is 4.84 Å². The average molecular weight is 564 g/mol. The van der Waals surface area contributed by atoms with Gasteiger partial charge in [-0.3, -0.25) is 9.63 Å². The minimum Gasteiger partial charge on any atom is -0.394 e. The molecule has 0 aromatic carbocycles. The van der Waals surface area contributed by atoms with Crippen molar-refractivity contribution >= 4 is 5.91 Å². The summed E-state index contributed by atoms with van der Waals surface area (Å²) >= 11 is 0. The fourth-order valence-electron chi connectivity index (χ4n) is 8.96. The molecule has 7 nitrogen and oxygen atoms in total. The Morgan fingerprint density at radius 2 is 1.85 bits per heavy atom. The second kappa shape index (κ2) is 14.2. The number of amides is 1. The van der Waals surface area contributed by atoms with Gasteiger partial charge in [-0.15, -0.1) is 0 Å². The van der Waals surface area contributed by atoms with Gasteiger partial charge in [-0.2, -0.15) is 5.06 Å². The first-order valence-electron chi connectivity index (χ1n) is 16.7. The summed E-state index contributed by atoms with van der Waals surface area (Å²) in [6.45, 7) is 10.4. The summed E-state index contributed by atoms with van der Waals surface area (Å²) in [6.07, 6.45) is 13.9. The highest BCUT2D eigenvalue weighted by atomic mass is 16.7. The lowest BCUT2D eigenvalue weighted by molar-refractivity contribution is -0.178. The highest BCUT2D eigenvalue weighted by Gasteiger charge is 2.57. The smallest absolute Gasteiger partial charge is 0.240 e. The van der Waals surface area contributed by atoms with E-state index in [1.54, 1.807) is 6.92 Å². The van der Waals surface area contributed by atoms with E-state index in [-0.39, 0.29) is 18.6 Å². The van der Waals surface area contributed by atoms with Crippen molar-refractivity contribution in [2.45, 2.75) is 129 Å². The zero-order valence-corrected chi connectivity index (χ0v) is 26.5. The molecular weight excluding hydrogens is 502 g/mol. The van der Waals surface area contributed by atoms with Crippen LogP contribution in [0.4, 0.5) is 0 Å². The largest absolute Gasteiger partial charge is 0.394 e. The van der Waals surface area contributed by atoms with Crippen molar-refractivity contribution in [2.75, 3.05) is 33.8 Å². The van der Waals surface area contributed by atoms with Crippen molar-refractivity contribution in [1.29, 1.82) is 0 Å². The number of hydroxylamine groups is 2. The average Bonchev–Trinajstić information content (AvgIpc) is 3.30. The Hall–Kier alpha value is -0.730. The molecule has 5 aliphatic rings. The summed E-state index contributed by atoms with van der Waals surface area (Å²) in [5.41, 5.74) is 0.370. The van der Waals surface area contributed by atoms with Gasteiger partial charge in [0.05, 0.1) is 12.7 Å². The first kappa shape index (κ1) is 32.2. The predicted molar refractivity (Wildman–Crippen MR) is 160 cm³/mol. The van der Waals surface area contributed by atoms with Crippen LogP contribution in [0.25, 0.3) is 0 Å². The molecule has 4 aliphatic carbocycles. The first-order chi connectivity index (χ1) is 19.0. The van der Waals surface area contributed by atoms with Crippen molar-refractivity contribution < 1.29 is 19.8 Å². The van der Waals surface area contributed by atoms with E-state index < -0.39 is 24.2 Å². The molecular formula is C33H61N3O4. The van der Waals surface area contributed by atoms with Crippen LogP contribution >= 0.6 is 0 Å². The SMILES string of the molecule is C[C@@H]1[C@@H](NC(=O)[C@@H]2[C@H]([C@H](C)O)[C@H](CO)ON2CCCCC(CCN(C)C)CC2CCCCC2)C[C@H]2C[C@@H]1C2(C)C. The summed E-state index contributed by atoms with van der Waals surface area (Å²) in [7, 11) is 4.34. The van der Waals surface area contributed by atoms with Crippen LogP contribution in [-0.4, -0.2) is 84.2 Å². The van der Waals surface area contributed by atoms with Crippen LogP contribution in [0.2, 0.25) is 0 Å². The third kappa shape index (κ3) is 7.42. The molecule has 5 fully saturated rings. The van der Waals surface area contributed by atoms with Gasteiger partial charge in [-0.25, -0.2) is 0 Å². The fourth-order valence-corrected chi connectivity index (χ4v) is 8.96. The second-order valence-corrected chi connectivity index (χ2v) is 15.0. The summed E-state index contributed by atoms with van der Waals surface area (Å²) in [5.74, 6) is 2.94. The Labute approximate surface area is 244 Å². The minimum atomic E-state index is -0.736. The Morgan fingerprint density at radius 1 is 1.12 bits per heavy atom. The van der Waals surface area contributed by atoms with Crippen LogP contribution in [0.3, 0.4) is 0 Å². The van der Waals surface area contributed by atoms with Crippen LogP contribution in [0.5, 0.6) is 0 Å². The molecule has 4 saturated carbocycles. The molecule has 3 N–H and O–H groups in total. The number of hydrogen-bond donors (Lipinski definition) is 3. The fraction of sp³-hybridized carbons (Fsp3) is 0.970. The summed E-state index contributed by atoms with van der Waals surface area (Å²) in [4.78, 5) is 22.3. The van der Waals surface area contributed by atoms with E-state index in [2.05, 4.69) is 45.1 Å². The Balaban J connectivity index is 1.33. The maximum Gasteiger partial charge on any atom is 0.240 e. The van der Waals surface area contributed by atoms with E-state index in [1.807, 2.05) is 5.06 Å². The van der Waals surface area contributed by atoms with Crippen LogP contribution in [0.15, 0.2) is 0 Å². The Bertz CT molecular complexity index is 799. The van der Waals surface area contributed by atoms with Gasteiger partial charge in [-0.05, 0) is 94.7 Å². The number of fused-ring (bicyclic) bond motifs is 2. The van der Waals surface area contributed by atoms with Crippen molar-refractivity contribution in [2.24, 2.45) is 40.9 Å². The quantitative estimate of drug-likeness (QED) is 0.262. The normalized spacial score (nSPS) is 35.9. The molecule has 1 saturated heterocycles. The van der Waals surface area contributed by atoms with Crippen molar-refractivity contribution in [3.63, 3.8) is 0 Å². The number of nitrogens with one attached hydrogen (secondary N) is 1. The molecule has 0 aromatic heterocycles. The van der Waals surface area contributed by atoms with Crippen LogP contribution in [0, 0.1) is 40.9 Å². The molecule has 5 rings (SSSR count). The maximum atomic E-state index is 13.8. The van der Waals surface area contributed by atoms with E-state index in [0.717, 1.165) is 37.6 Å². The van der Waals surface area contributed by atoms with Gasteiger partial charge in [0.1, 0.15) is 12.1 Å². The number of carbonyl (C=O) groups excluding carboxylic acids is 1. The van der Waals surface area contributed by atoms with Gasteiger partial charge < -0.3 is 20.4 Å². The molecule has 0 radical (unpaired) electrons. The lowest BCUT2D eigenvalue weighted by Gasteiger charge is -2.62. The van der Waals surface area contributed by atoms with Gasteiger partial charge in [0, 0.05) is 18.5 Å². The van der Waals surface area contributed by atoms with Gasteiger partial charge >= 0.3 is 0 Å². The summed E-state index contributed by atoms with van der Waals surface area (Å²) in [6, 6.07) is -0.395. The highest BCUT2D eigenvalue weighted by molar-refractivity contribution is 5.82. The van der Waals surface area contributed by atoms with Crippen molar-refractivity contribution in [3.8, 4) is 0 Å². The van der Waals surface area contributed by atoms with E-state index >= 15 is 0 Å². The van der Waals surface area contributed by atoms with Gasteiger partial charge in [0.15, 0.2) is 0 Å². The molecule has 232 valence electrons. The zero-order valence-electron chi connectivity index (χ0n) is 26.5. The third-order valence-electron chi connectivity index (χ3n) is 11.7. The summed E-state index contributed by atoms with van der Waals surface area (Å²) in [5, 5.41) is 25.9. The molecule has 1 aliphatic heterocycles. The molecule has 7 heteroatoms. The van der Waals surface area contributed by atoms with Gasteiger partial charge in [0.25, 0.3) is 0 Å². The second-order valence-electron chi connectivity index (χ2n) is 15.0. The Morgan fingerprint density at radius 3 is 2.45 bits per heavy atom. The van der Waals surface area contributed by atoms with Crippen molar-refractivity contribution in [1.82, 2.24) is 15.3 Å². The number of hydrogen-bond acceptors (Lipinski definition) is 6. The molecule has 1 amide bonds. The highest BCUT2D eigenvalue weighted by Crippen LogP contribution is 2.61. The maximum absolute atomic E-state index is 13.8. The Kier molecular flexibility index (Phi) is 11.4. The summed E-state index contributed by atoms with van der Waals surface area (Å²) < 4.78 is 0. The topological polar surface area (TPSA) is 85.3 Å². The molecule has 40 heavy (non-hydrogen) atoms. The number of aliphatic hydroxyl groups excluding tert-OH is 2. The molecule has 0 aromatic rings. The van der Waals surface area contributed by atoms with Crippen LogP contribution in [-0.2, 0) is 9.63 Å². The molecule has 2 bridgehead atoms. The van der Waals surface area contributed by atoms with E-state index in [1.165, 1.54) is 57.8 Å². The van der Waals surface area contributed by atoms with Gasteiger partial charge in [-0.1, -0.05) is 65.7 Å². The third-order valence-corrected chi connectivity index (χ3v) is 11.7.